The molecule has 3 N–H and O–H groups in total. The summed E-state index contributed by atoms with van der Waals surface area (Å²) in [7, 11) is -3.71. The zero-order chi connectivity index (χ0) is 18.6. The first-order chi connectivity index (χ1) is 12.4. The van der Waals surface area contributed by atoms with Gasteiger partial charge in [0, 0.05) is 24.0 Å². The maximum atomic E-state index is 12.0. The van der Waals surface area contributed by atoms with Gasteiger partial charge in [0.2, 0.25) is 10.0 Å². The summed E-state index contributed by atoms with van der Waals surface area (Å²) in [4.78, 5) is 16.4. The molecule has 0 saturated heterocycles. The highest BCUT2D eigenvalue weighted by Crippen LogP contribution is 2.27. The van der Waals surface area contributed by atoms with Gasteiger partial charge in [-0.3, -0.25) is 9.78 Å². The largest absolute Gasteiger partial charge is 0.483 e. The lowest BCUT2D eigenvalue weighted by atomic mass is 9.95. The normalized spacial score (nSPS) is 13.7. The van der Waals surface area contributed by atoms with Crippen molar-refractivity contribution in [2.24, 2.45) is 5.14 Å². The van der Waals surface area contributed by atoms with Crippen LogP contribution in [0.3, 0.4) is 0 Å². The van der Waals surface area contributed by atoms with Crippen LogP contribution in [-0.2, 0) is 34.2 Å². The van der Waals surface area contributed by atoms with Gasteiger partial charge in [-0.15, -0.1) is 0 Å². The molecule has 0 unspecified atom stereocenters. The second-order valence-corrected chi connectivity index (χ2v) is 7.76. The van der Waals surface area contributed by atoms with Crippen molar-refractivity contribution in [2.45, 2.75) is 37.1 Å². The van der Waals surface area contributed by atoms with Crippen LogP contribution in [0.1, 0.15) is 29.7 Å². The van der Waals surface area contributed by atoms with Crippen molar-refractivity contribution in [1.29, 1.82) is 0 Å². The number of carbonyl (C=O) groups is 1. The molecule has 0 spiro atoms. The minimum Gasteiger partial charge on any atom is -0.483 e. The summed E-state index contributed by atoms with van der Waals surface area (Å²) >= 11 is 0. The van der Waals surface area contributed by atoms with Crippen LogP contribution < -0.4 is 15.2 Å². The molecule has 1 aromatic heterocycles. The molecule has 0 fully saturated rings. The Balaban J connectivity index is 1.52. The summed E-state index contributed by atoms with van der Waals surface area (Å²) in [5.41, 5.74) is 2.93. The minimum absolute atomic E-state index is 0.0402. The van der Waals surface area contributed by atoms with Gasteiger partial charge in [0.1, 0.15) is 5.75 Å². The van der Waals surface area contributed by atoms with Gasteiger partial charge in [0.05, 0.1) is 4.90 Å². The fourth-order valence-electron chi connectivity index (χ4n) is 2.92. The van der Waals surface area contributed by atoms with Gasteiger partial charge >= 0.3 is 0 Å². The monoisotopic (exact) mass is 375 g/mol. The molecular formula is C18H21N3O4S. The summed E-state index contributed by atoms with van der Waals surface area (Å²) < 4.78 is 28.1. The van der Waals surface area contributed by atoms with E-state index in [0.29, 0.717) is 0 Å². The molecule has 3 rings (SSSR count). The number of nitrogens with two attached hydrogens (primary N) is 1. The number of benzene rings is 1. The van der Waals surface area contributed by atoms with Crippen molar-refractivity contribution in [3.63, 3.8) is 0 Å². The average Bonchev–Trinajstić information content (AvgIpc) is 2.64. The van der Waals surface area contributed by atoms with Crippen molar-refractivity contribution in [3.05, 3.63) is 53.3 Å². The SMILES string of the molecule is NS(=O)(=O)c1ccc(CNC(=O)COc2ccnc3c2CCCC3)cc1. The summed E-state index contributed by atoms with van der Waals surface area (Å²) in [6, 6.07) is 7.84. The van der Waals surface area contributed by atoms with Crippen LogP contribution in [0.25, 0.3) is 0 Å². The minimum atomic E-state index is -3.71. The van der Waals surface area contributed by atoms with Gasteiger partial charge in [0.15, 0.2) is 6.61 Å². The van der Waals surface area contributed by atoms with E-state index in [0.717, 1.165) is 48.3 Å². The molecule has 0 saturated carbocycles. The van der Waals surface area contributed by atoms with E-state index in [-0.39, 0.29) is 24.0 Å². The van der Waals surface area contributed by atoms with Crippen molar-refractivity contribution in [3.8, 4) is 5.75 Å². The first-order valence-electron chi connectivity index (χ1n) is 8.41. The molecule has 7 nitrogen and oxygen atoms in total. The highest BCUT2D eigenvalue weighted by molar-refractivity contribution is 7.89. The highest BCUT2D eigenvalue weighted by Gasteiger charge is 2.16. The summed E-state index contributed by atoms with van der Waals surface area (Å²) in [6.07, 6.45) is 5.83. The van der Waals surface area contributed by atoms with E-state index in [9.17, 15) is 13.2 Å². The predicted octanol–water partition coefficient (Wildman–Crippen LogP) is 1.30. The zero-order valence-corrected chi connectivity index (χ0v) is 15.1. The lowest BCUT2D eigenvalue weighted by molar-refractivity contribution is -0.123. The quantitative estimate of drug-likeness (QED) is 0.790. The van der Waals surface area contributed by atoms with Gasteiger partial charge in [-0.25, -0.2) is 13.6 Å². The number of nitrogens with one attached hydrogen (secondary N) is 1. The van der Waals surface area contributed by atoms with E-state index >= 15 is 0 Å². The van der Waals surface area contributed by atoms with Crippen molar-refractivity contribution < 1.29 is 17.9 Å². The number of hydrogen-bond acceptors (Lipinski definition) is 5. The van der Waals surface area contributed by atoms with Crippen LogP contribution in [-0.4, -0.2) is 25.9 Å². The van der Waals surface area contributed by atoms with Crippen LogP contribution in [0.4, 0.5) is 0 Å². The Kier molecular flexibility index (Phi) is 5.53. The molecule has 1 amide bonds. The average molecular weight is 375 g/mol. The van der Waals surface area contributed by atoms with Crippen LogP contribution in [0.2, 0.25) is 0 Å². The summed E-state index contributed by atoms with van der Waals surface area (Å²) in [5.74, 6) is 0.476. The molecule has 8 heteroatoms. The maximum Gasteiger partial charge on any atom is 0.258 e. The first kappa shape index (κ1) is 18.3. The Morgan fingerprint density at radius 1 is 1.15 bits per heavy atom. The molecule has 0 bridgehead atoms. The zero-order valence-electron chi connectivity index (χ0n) is 14.3. The standard InChI is InChI=1S/C18H21N3O4S/c19-26(23,24)14-7-5-13(6-8-14)11-21-18(22)12-25-17-9-10-20-16-4-2-1-3-15(16)17/h5-10H,1-4,11-12H2,(H,21,22)(H2,19,23,24). The molecule has 0 aliphatic heterocycles. The smallest absolute Gasteiger partial charge is 0.258 e. The van der Waals surface area contributed by atoms with E-state index < -0.39 is 10.0 Å². The molecule has 1 heterocycles. The summed E-state index contributed by atoms with van der Waals surface area (Å²) in [6.45, 7) is 0.202. The maximum absolute atomic E-state index is 12.0. The number of nitrogens with zero attached hydrogens (tertiary/aromatic N) is 1. The molecule has 2 aromatic rings. The molecule has 138 valence electrons. The Bertz CT molecular complexity index is 895. The van der Waals surface area contributed by atoms with Crippen molar-refractivity contribution >= 4 is 15.9 Å². The third kappa shape index (κ3) is 4.59. The number of aryl methyl sites for hydroxylation is 1. The van der Waals surface area contributed by atoms with Crippen molar-refractivity contribution in [1.82, 2.24) is 10.3 Å². The third-order valence-corrected chi connectivity index (χ3v) is 5.22. The third-order valence-electron chi connectivity index (χ3n) is 4.29. The Morgan fingerprint density at radius 2 is 1.88 bits per heavy atom. The van der Waals surface area contributed by atoms with Gasteiger partial charge in [0.25, 0.3) is 5.91 Å². The van der Waals surface area contributed by atoms with Gasteiger partial charge in [-0.1, -0.05) is 12.1 Å². The molecule has 1 aliphatic carbocycles. The van der Waals surface area contributed by atoms with E-state index in [2.05, 4.69) is 10.3 Å². The Morgan fingerprint density at radius 3 is 2.62 bits per heavy atom. The molecular weight excluding hydrogens is 354 g/mol. The van der Waals surface area contributed by atoms with Gasteiger partial charge in [-0.2, -0.15) is 0 Å². The van der Waals surface area contributed by atoms with Gasteiger partial charge < -0.3 is 10.1 Å². The van der Waals surface area contributed by atoms with E-state index in [4.69, 9.17) is 9.88 Å². The Labute approximate surface area is 152 Å². The topological polar surface area (TPSA) is 111 Å². The van der Waals surface area contributed by atoms with Crippen LogP contribution in [0.5, 0.6) is 5.75 Å². The van der Waals surface area contributed by atoms with Crippen LogP contribution in [0.15, 0.2) is 41.4 Å². The fourth-order valence-corrected chi connectivity index (χ4v) is 3.44. The molecule has 26 heavy (non-hydrogen) atoms. The number of amides is 1. The van der Waals surface area contributed by atoms with E-state index in [1.54, 1.807) is 24.4 Å². The van der Waals surface area contributed by atoms with E-state index in [1.165, 1.54) is 12.1 Å². The fraction of sp³-hybridized carbons (Fsp3) is 0.333. The van der Waals surface area contributed by atoms with Crippen LogP contribution in [0, 0.1) is 0 Å². The molecule has 0 radical (unpaired) electrons. The number of primary sulfonamides is 1. The lowest BCUT2D eigenvalue weighted by Crippen LogP contribution is -2.28. The molecule has 1 aliphatic rings. The first-order valence-corrected chi connectivity index (χ1v) is 9.96. The second kappa shape index (κ2) is 7.84. The lowest BCUT2D eigenvalue weighted by Gasteiger charge is -2.18. The summed E-state index contributed by atoms with van der Waals surface area (Å²) in [5, 5.41) is 7.80. The number of fused-ring (bicyclic) bond motifs is 1. The molecule has 0 atom stereocenters. The number of sulfonamides is 1. The number of pyridine rings is 1. The van der Waals surface area contributed by atoms with Crippen LogP contribution >= 0.6 is 0 Å². The van der Waals surface area contributed by atoms with Crippen molar-refractivity contribution in [2.75, 3.05) is 6.61 Å². The number of hydrogen-bond donors (Lipinski definition) is 2. The molecule has 1 aromatic carbocycles. The number of ether oxygens (including phenoxy) is 1. The Hall–Kier alpha value is -2.45. The van der Waals surface area contributed by atoms with E-state index in [1.807, 2.05) is 0 Å². The van der Waals surface area contributed by atoms with Gasteiger partial charge in [-0.05, 0) is 49.4 Å². The predicted molar refractivity (Wildman–Crippen MR) is 96.0 cm³/mol. The number of rotatable bonds is 6. The second-order valence-electron chi connectivity index (χ2n) is 6.20. The number of carbonyl (C=O) groups excluding carboxylic acids is 1. The number of aromatic nitrogens is 1. The highest BCUT2D eigenvalue weighted by atomic mass is 32.2.